The fourth-order valence-corrected chi connectivity index (χ4v) is 3.48. The number of carbonyl (C=O) groups is 1. The van der Waals surface area contributed by atoms with Crippen LogP contribution in [-0.4, -0.2) is 29.2 Å². The van der Waals surface area contributed by atoms with Gasteiger partial charge in [-0.2, -0.15) is 5.26 Å². The summed E-state index contributed by atoms with van der Waals surface area (Å²) >= 11 is 1.37. The van der Waals surface area contributed by atoms with Crippen LogP contribution in [0.15, 0.2) is 17.8 Å². The van der Waals surface area contributed by atoms with Gasteiger partial charge in [0.05, 0.1) is 12.6 Å². The van der Waals surface area contributed by atoms with E-state index in [0.29, 0.717) is 11.7 Å². The molecule has 7 heteroatoms. The molecule has 0 aromatic carbocycles. The van der Waals surface area contributed by atoms with Gasteiger partial charge in [-0.05, 0) is 45.4 Å². The molecule has 0 radical (unpaired) electrons. The number of aryl methyl sites for hydroxylation is 2. The van der Waals surface area contributed by atoms with E-state index < -0.39 is 5.91 Å². The minimum absolute atomic E-state index is 0.0486. The zero-order valence-electron chi connectivity index (χ0n) is 15.1. The predicted molar refractivity (Wildman–Crippen MR) is 99.6 cm³/mol. The summed E-state index contributed by atoms with van der Waals surface area (Å²) in [7, 11) is 1.67. The number of amides is 1. The number of thiazole rings is 1. The Labute approximate surface area is 151 Å². The molecule has 25 heavy (non-hydrogen) atoms. The lowest BCUT2D eigenvalue weighted by atomic mass is 10.1. The molecule has 0 aliphatic heterocycles. The monoisotopic (exact) mass is 358 g/mol. The van der Waals surface area contributed by atoms with Gasteiger partial charge in [0, 0.05) is 29.6 Å². The zero-order valence-corrected chi connectivity index (χ0v) is 15.9. The lowest BCUT2D eigenvalue weighted by Gasteiger charge is -2.17. The smallest absolute Gasteiger partial charge is 0.268 e. The Morgan fingerprint density at radius 3 is 2.80 bits per heavy atom. The summed E-state index contributed by atoms with van der Waals surface area (Å²) in [5.41, 5.74) is 2.95. The Balaban J connectivity index is 2.29. The third kappa shape index (κ3) is 4.35. The average molecular weight is 358 g/mol. The first-order chi connectivity index (χ1) is 11.9. The molecular formula is C18H22N4O2S. The first kappa shape index (κ1) is 18.9. The predicted octanol–water partition coefficient (Wildman–Crippen LogP) is 3.62. The number of hydrogen-bond donors (Lipinski definition) is 1. The Morgan fingerprint density at radius 2 is 2.24 bits per heavy atom. The van der Waals surface area contributed by atoms with E-state index in [1.165, 1.54) is 11.3 Å². The molecule has 1 amide bonds. The SMILES string of the molecule is COCC(C)n1c(C)cc(/C=C(\C#N)C(=O)Nc2ncc(C)s2)c1C. The van der Waals surface area contributed by atoms with E-state index in [1.807, 2.05) is 32.9 Å². The van der Waals surface area contributed by atoms with E-state index in [2.05, 4.69) is 21.8 Å². The molecule has 0 bridgehead atoms. The molecule has 0 fully saturated rings. The van der Waals surface area contributed by atoms with Gasteiger partial charge < -0.3 is 9.30 Å². The highest BCUT2D eigenvalue weighted by molar-refractivity contribution is 7.15. The molecule has 1 atom stereocenters. The summed E-state index contributed by atoms with van der Waals surface area (Å²) in [5.74, 6) is -0.452. The highest BCUT2D eigenvalue weighted by Gasteiger charge is 2.16. The highest BCUT2D eigenvalue weighted by atomic mass is 32.1. The Morgan fingerprint density at radius 1 is 1.52 bits per heavy atom. The van der Waals surface area contributed by atoms with E-state index in [4.69, 9.17) is 4.74 Å². The fourth-order valence-electron chi connectivity index (χ4n) is 2.82. The number of methoxy groups -OCH3 is 1. The average Bonchev–Trinajstić information content (AvgIpc) is 3.08. The number of ether oxygens (including phenoxy) is 1. The maximum absolute atomic E-state index is 12.3. The van der Waals surface area contributed by atoms with E-state index in [1.54, 1.807) is 19.4 Å². The van der Waals surface area contributed by atoms with Crippen LogP contribution in [0.5, 0.6) is 0 Å². The third-order valence-electron chi connectivity index (χ3n) is 3.88. The molecule has 0 aliphatic rings. The van der Waals surface area contributed by atoms with Crippen LogP contribution in [-0.2, 0) is 9.53 Å². The van der Waals surface area contributed by atoms with Crippen molar-refractivity contribution in [3.8, 4) is 6.07 Å². The minimum atomic E-state index is -0.452. The number of anilines is 1. The van der Waals surface area contributed by atoms with Gasteiger partial charge in [0.2, 0.25) is 0 Å². The van der Waals surface area contributed by atoms with Crippen LogP contribution in [0.2, 0.25) is 0 Å². The number of nitriles is 1. The summed E-state index contributed by atoms with van der Waals surface area (Å²) in [6, 6.07) is 4.12. The maximum atomic E-state index is 12.3. The van der Waals surface area contributed by atoms with Gasteiger partial charge in [-0.25, -0.2) is 4.98 Å². The summed E-state index contributed by atoms with van der Waals surface area (Å²) in [4.78, 5) is 17.4. The largest absolute Gasteiger partial charge is 0.383 e. The first-order valence-electron chi connectivity index (χ1n) is 7.90. The van der Waals surface area contributed by atoms with Crippen molar-refractivity contribution in [2.24, 2.45) is 0 Å². The van der Waals surface area contributed by atoms with E-state index in [9.17, 15) is 10.1 Å². The number of aromatic nitrogens is 2. The quantitative estimate of drug-likeness (QED) is 0.632. The van der Waals surface area contributed by atoms with Crippen molar-refractivity contribution in [3.63, 3.8) is 0 Å². The molecule has 2 aromatic rings. The lowest BCUT2D eigenvalue weighted by Crippen LogP contribution is -2.14. The third-order valence-corrected chi connectivity index (χ3v) is 4.71. The molecule has 2 rings (SSSR count). The molecule has 1 unspecified atom stereocenters. The van der Waals surface area contributed by atoms with Gasteiger partial charge in [0.15, 0.2) is 5.13 Å². The van der Waals surface area contributed by atoms with Crippen molar-refractivity contribution in [1.82, 2.24) is 9.55 Å². The van der Waals surface area contributed by atoms with Crippen LogP contribution < -0.4 is 5.32 Å². The molecule has 0 spiro atoms. The van der Waals surface area contributed by atoms with Crippen molar-refractivity contribution in [2.75, 3.05) is 19.0 Å². The second kappa shape index (κ2) is 8.10. The van der Waals surface area contributed by atoms with Crippen molar-refractivity contribution >= 4 is 28.5 Å². The van der Waals surface area contributed by atoms with Crippen LogP contribution in [0.1, 0.15) is 34.8 Å². The first-order valence-corrected chi connectivity index (χ1v) is 8.72. The van der Waals surface area contributed by atoms with E-state index in [-0.39, 0.29) is 11.6 Å². The molecule has 1 N–H and O–H groups in total. The summed E-state index contributed by atoms with van der Waals surface area (Å²) < 4.78 is 7.37. The lowest BCUT2D eigenvalue weighted by molar-refractivity contribution is -0.112. The van der Waals surface area contributed by atoms with Gasteiger partial charge in [-0.3, -0.25) is 10.1 Å². The molecule has 132 valence electrons. The van der Waals surface area contributed by atoms with E-state index >= 15 is 0 Å². The number of rotatable bonds is 6. The molecule has 0 aliphatic carbocycles. The molecule has 0 saturated carbocycles. The van der Waals surface area contributed by atoms with Gasteiger partial charge in [0.25, 0.3) is 5.91 Å². The zero-order chi connectivity index (χ0) is 18.6. The van der Waals surface area contributed by atoms with Crippen molar-refractivity contribution in [3.05, 3.63) is 39.7 Å². The Hall–Kier alpha value is -2.43. The Kier molecular flexibility index (Phi) is 6.12. The molecule has 0 saturated heterocycles. The summed E-state index contributed by atoms with van der Waals surface area (Å²) in [6.45, 7) is 8.54. The second-order valence-electron chi connectivity index (χ2n) is 5.90. The number of carbonyl (C=O) groups excluding carboxylic acids is 1. The van der Waals surface area contributed by atoms with Crippen molar-refractivity contribution < 1.29 is 9.53 Å². The van der Waals surface area contributed by atoms with E-state index in [0.717, 1.165) is 21.8 Å². The van der Waals surface area contributed by atoms with Crippen LogP contribution >= 0.6 is 11.3 Å². The number of nitrogens with zero attached hydrogens (tertiary/aromatic N) is 3. The second-order valence-corrected chi connectivity index (χ2v) is 7.14. The van der Waals surface area contributed by atoms with Crippen molar-refractivity contribution in [2.45, 2.75) is 33.7 Å². The normalized spacial score (nSPS) is 12.7. The standard InChI is InChI=1S/C18H22N4O2S/c1-11-6-15(14(4)22(11)12(2)10-24-5)7-16(8-19)17(23)21-18-20-9-13(3)25-18/h6-7,9,12H,10H2,1-5H3,(H,20,21,23)/b16-7+. The number of hydrogen-bond acceptors (Lipinski definition) is 5. The molecule has 2 aromatic heterocycles. The van der Waals surface area contributed by atoms with Crippen LogP contribution in [0.25, 0.3) is 6.08 Å². The van der Waals surface area contributed by atoms with Crippen LogP contribution in [0.4, 0.5) is 5.13 Å². The van der Waals surface area contributed by atoms with Gasteiger partial charge in [-0.15, -0.1) is 11.3 Å². The van der Waals surface area contributed by atoms with Crippen LogP contribution in [0, 0.1) is 32.1 Å². The van der Waals surface area contributed by atoms with Gasteiger partial charge in [-0.1, -0.05) is 0 Å². The van der Waals surface area contributed by atoms with Gasteiger partial charge >= 0.3 is 0 Å². The summed E-state index contributed by atoms with van der Waals surface area (Å²) in [5, 5.41) is 12.5. The topological polar surface area (TPSA) is 79.9 Å². The van der Waals surface area contributed by atoms with Crippen LogP contribution in [0.3, 0.4) is 0 Å². The molecule has 2 heterocycles. The Bertz CT molecular complexity index is 842. The maximum Gasteiger partial charge on any atom is 0.268 e. The minimum Gasteiger partial charge on any atom is -0.383 e. The molecule has 6 nitrogen and oxygen atoms in total. The fraction of sp³-hybridized carbons (Fsp3) is 0.389. The van der Waals surface area contributed by atoms with Gasteiger partial charge in [0.1, 0.15) is 11.6 Å². The molecular weight excluding hydrogens is 336 g/mol. The van der Waals surface area contributed by atoms with Crippen molar-refractivity contribution in [1.29, 1.82) is 5.26 Å². The number of nitrogens with one attached hydrogen (secondary N) is 1. The summed E-state index contributed by atoms with van der Waals surface area (Å²) in [6.07, 6.45) is 3.30. The highest BCUT2D eigenvalue weighted by Crippen LogP contribution is 2.23.